The average molecular weight is 372 g/mol. The topological polar surface area (TPSA) is 66.5 Å². The quantitative estimate of drug-likeness (QED) is 0.542. The Bertz CT molecular complexity index is 886. The Morgan fingerprint density at radius 3 is 2.96 bits per heavy atom. The number of carbonyl (C=O) groups excluding carboxylic acids is 1. The van der Waals surface area contributed by atoms with Crippen LogP contribution in [0.2, 0.25) is 0 Å². The number of aromatic nitrogens is 1. The van der Waals surface area contributed by atoms with Crippen molar-refractivity contribution < 1.29 is 9.53 Å². The van der Waals surface area contributed by atoms with Gasteiger partial charge in [0.15, 0.2) is 0 Å². The van der Waals surface area contributed by atoms with Gasteiger partial charge in [-0.1, -0.05) is 34.1 Å². The Morgan fingerprint density at radius 2 is 2.13 bits per heavy atom. The lowest BCUT2D eigenvalue weighted by Crippen LogP contribution is -2.18. The van der Waals surface area contributed by atoms with Crippen molar-refractivity contribution in [1.29, 1.82) is 0 Å². The molecule has 1 heterocycles. The molecule has 3 rings (SSSR count). The largest absolute Gasteiger partial charge is 0.496 e. The predicted molar refractivity (Wildman–Crippen MR) is 94.1 cm³/mol. The number of halogens is 1. The number of para-hydroxylation sites is 1. The first-order valence-electron chi connectivity index (χ1n) is 6.92. The van der Waals surface area contributed by atoms with Crippen LogP contribution in [0.5, 0.6) is 5.75 Å². The number of methoxy groups -OCH3 is 1. The van der Waals surface area contributed by atoms with E-state index in [1.54, 1.807) is 24.4 Å². The minimum Gasteiger partial charge on any atom is -0.496 e. The fourth-order valence-corrected chi connectivity index (χ4v) is 2.61. The number of H-pyrrole nitrogens is 1. The number of ether oxygens (including phenoxy) is 1. The van der Waals surface area contributed by atoms with Crippen LogP contribution in [0.3, 0.4) is 0 Å². The molecule has 0 unspecified atom stereocenters. The van der Waals surface area contributed by atoms with Gasteiger partial charge in [-0.05, 0) is 24.3 Å². The van der Waals surface area contributed by atoms with Crippen LogP contribution in [0.4, 0.5) is 0 Å². The molecule has 6 heteroatoms. The lowest BCUT2D eigenvalue weighted by Gasteiger charge is -2.07. The highest BCUT2D eigenvalue weighted by Gasteiger charge is 2.11. The molecule has 0 aliphatic heterocycles. The van der Waals surface area contributed by atoms with Gasteiger partial charge >= 0.3 is 0 Å². The summed E-state index contributed by atoms with van der Waals surface area (Å²) in [4.78, 5) is 15.4. The summed E-state index contributed by atoms with van der Waals surface area (Å²) in [5.41, 5.74) is 4.87. The van der Waals surface area contributed by atoms with Crippen molar-refractivity contribution in [3.8, 4) is 5.75 Å². The molecule has 0 saturated heterocycles. The number of carbonyl (C=O) groups is 1. The Balaban J connectivity index is 1.76. The van der Waals surface area contributed by atoms with E-state index in [0.29, 0.717) is 11.3 Å². The van der Waals surface area contributed by atoms with Crippen LogP contribution in [0.25, 0.3) is 10.9 Å². The first kappa shape index (κ1) is 15.3. The Hall–Kier alpha value is -2.60. The highest BCUT2D eigenvalue weighted by molar-refractivity contribution is 9.10. The molecule has 2 N–H and O–H groups in total. The molecule has 1 aromatic heterocycles. The van der Waals surface area contributed by atoms with E-state index in [2.05, 4.69) is 31.4 Å². The van der Waals surface area contributed by atoms with E-state index < -0.39 is 0 Å². The van der Waals surface area contributed by atoms with E-state index in [9.17, 15) is 4.79 Å². The number of hydrogen-bond acceptors (Lipinski definition) is 3. The van der Waals surface area contributed by atoms with Crippen molar-refractivity contribution in [2.24, 2.45) is 5.10 Å². The second-order valence-corrected chi connectivity index (χ2v) is 5.75. The number of aromatic amines is 1. The minimum atomic E-state index is -0.328. The summed E-state index contributed by atoms with van der Waals surface area (Å²) >= 11 is 3.34. The Morgan fingerprint density at radius 1 is 1.30 bits per heavy atom. The second kappa shape index (κ2) is 6.66. The van der Waals surface area contributed by atoms with Gasteiger partial charge in [-0.15, -0.1) is 0 Å². The summed E-state index contributed by atoms with van der Waals surface area (Å²) in [6, 6.07) is 13.1. The summed E-state index contributed by atoms with van der Waals surface area (Å²) in [5.74, 6) is 0.157. The Labute approximate surface area is 141 Å². The van der Waals surface area contributed by atoms with Gasteiger partial charge in [0.1, 0.15) is 5.75 Å². The molecule has 2 aromatic carbocycles. The van der Waals surface area contributed by atoms with Crippen molar-refractivity contribution in [2.45, 2.75) is 0 Å². The zero-order valence-corrected chi connectivity index (χ0v) is 13.9. The zero-order chi connectivity index (χ0) is 16.2. The standard InChI is InChI=1S/C17H14BrN3O2/c1-23-16-8-12(18)6-7-14(16)17(22)21-20-10-11-9-19-15-5-3-2-4-13(11)15/h2-10,19H,1H3,(H,21,22)/b20-10+. The van der Waals surface area contributed by atoms with E-state index in [0.717, 1.165) is 20.9 Å². The van der Waals surface area contributed by atoms with Crippen LogP contribution in [0.15, 0.2) is 58.2 Å². The number of nitrogens with zero attached hydrogens (tertiary/aromatic N) is 1. The van der Waals surface area contributed by atoms with Gasteiger partial charge in [-0.3, -0.25) is 4.79 Å². The summed E-state index contributed by atoms with van der Waals surface area (Å²) in [7, 11) is 1.52. The van der Waals surface area contributed by atoms with Crippen LogP contribution < -0.4 is 10.2 Å². The molecule has 116 valence electrons. The van der Waals surface area contributed by atoms with Crippen molar-refractivity contribution in [3.05, 3.63) is 64.3 Å². The lowest BCUT2D eigenvalue weighted by atomic mass is 10.2. The van der Waals surface area contributed by atoms with Gasteiger partial charge < -0.3 is 9.72 Å². The fraction of sp³-hybridized carbons (Fsp3) is 0.0588. The molecular formula is C17H14BrN3O2. The number of rotatable bonds is 4. The normalized spacial score (nSPS) is 11.0. The molecule has 0 bridgehead atoms. The van der Waals surface area contributed by atoms with Gasteiger partial charge in [0.05, 0.1) is 18.9 Å². The van der Waals surface area contributed by atoms with Gasteiger partial charge in [0.2, 0.25) is 0 Å². The minimum absolute atomic E-state index is 0.328. The molecule has 0 fully saturated rings. The molecule has 23 heavy (non-hydrogen) atoms. The monoisotopic (exact) mass is 371 g/mol. The van der Waals surface area contributed by atoms with Crippen LogP contribution in [-0.4, -0.2) is 24.2 Å². The van der Waals surface area contributed by atoms with Crippen molar-refractivity contribution in [1.82, 2.24) is 10.4 Å². The maximum atomic E-state index is 12.2. The summed E-state index contributed by atoms with van der Waals surface area (Å²) in [6.45, 7) is 0. The summed E-state index contributed by atoms with van der Waals surface area (Å²) in [5, 5.41) is 5.07. The molecule has 3 aromatic rings. The molecule has 5 nitrogen and oxygen atoms in total. The molecule has 0 saturated carbocycles. The van der Waals surface area contributed by atoms with Gasteiger partial charge in [0, 0.05) is 27.1 Å². The molecule has 0 atom stereocenters. The van der Waals surface area contributed by atoms with Crippen molar-refractivity contribution in [2.75, 3.05) is 7.11 Å². The molecule has 0 aliphatic carbocycles. The fourth-order valence-electron chi connectivity index (χ4n) is 2.27. The number of hydrogen-bond donors (Lipinski definition) is 2. The smallest absolute Gasteiger partial charge is 0.275 e. The average Bonchev–Trinajstić information content (AvgIpc) is 2.98. The van der Waals surface area contributed by atoms with Gasteiger partial charge in [-0.2, -0.15) is 5.10 Å². The maximum absolute atomic E-state index is 12.2. The number of amides is 1. The molecule has 0 spiro atoms. The zero-order valence-electron chi connectivity index (χ0n) is 12.3. The van der Waals surface area contributed by atoms with Gasteiger partial charge in [0.25, 0.3) is 5.91 Å². The summed E-state index contributed by atoms with van der Waals surface area (Å²) < 4.78 is 6.05. The van der Waals surface area contributed by atoms with Crippen LogP contribution in [-0.2, 0) is 0 Å². The molecule has 0 aliphatic rings. The number of benzene rings is 2. The van der Waals surface area contributed by atoms with E-state index in [4.69, 9.17) is 4.74 Å². The van der Waals surface area contributed by atoms with Crippen molar-refractivity contribution in [3.63, 3.8) is 0 Å². The van der Waals surface area contributed by atoms with Gasteiger partial charge in [-0.25, -0.2) is 5.43 Å². The van der Waals surface area contributed by atoms with E-state index in [-0.39, 0.29) is 5.91 Å². The Kier molecular flexibility index (Phi) is 4.43. The van der Waals surface area contributed by atoms with E-state index >= 15 is 0 Å². The molecular weight excluding hydrogens is 358 g/mol. The third-order valence-electron chi connectivity index (χ3n) is 3.40. The number of hydrazone groups is 1. The number of nitrogens with one attached hydrogen (secondary N) is 2. The second-order valence-electron chi connectivity index (χ2n) is 4.83. The number of fused-ring (bicyclic) bond motifs is 1. The highest BCUT2D eigenvalue weighted by atomic mass is 79.9. The highest BCUT2D eigenvalue weighted by Crippen LogP contribution is 2.23. The van der Waals surface area contributed by atoms with E-state index in [1.165, 1.54) is 7.11 Å². The molecule has 0 radical (unpaired) electrons. The van der Waals surface area contributed by atoms with E-state index in [1.807, 2.05) is 30.5 Å². The third-order valence-corrected chi connectivity index (χ3v) is 3.89. The molecule has 1 amide bonds. The van der Waals surface area contributed by atoms with Crippen LogP contribution in [0, 0.1) is 0 Å². The first-order chi connectivity index (χ1) is 11.2. The first-order valence-corrected chi connectivity index (χ1v) is 7.71. The predicted octanol–water partition coefficient (Wildman–Crippen LogP) is 3.70. The summed E-state index contributed by atoms with van der Waals surface area (Å²) in [6.07, 6.45) is 3.46. The third kappa shape index (κ3) is 3.27. The maximum Gasteiger partial charge on any atom is 0.275 e. The lowest BCUT2D eigenvalue weighted by molar-refractivity contribution is 0.0952. The SMILES string of the molecule is COc1cc(Br)ccc1C(=O)N/N=C/c1c[nH]c2ccccc12. The van der Waals surface area contributed by atoms with Crippen molar-refractivity contribution >= 4 is 39.0 Å². The van der Waals surface area contributed by atoms with Crippen LogP contribution in [0.1, 0.15) is 15.9 Å². The van der Waals surface area contributed by atoms with Crippen LogP contribution >= 0.6 is 15.9 Å².